The summed E-state index contributed by atoms with van der Waals surface area (Å²) in [5.41, 5.74) is 0. The van der Waals surface area contributed by atoms with Crippen LogP contribution in [0, 0.1) is 0 Å². The first-order valence-electron chi connectivity index (χ1n) is 2.88. The minimum Gasteiger partial charge on any atom is -0.148 e. The fraction of sp³-hybridized carbons (Fsp3) is 0.429. The SMILES string of the molecule is CC/C(S)=C\C=C(/C)Cl. The number of thiol groups is 1. The van der Waals surface area contributed by atoms with E-state index in [1.54, 1.807) is 0 Å². The molecule has 0 radical (unpaired) electrons. The lowest BCUT2D eigenvalue weighted by molar-refractivity contribution is 1.20. The Morgan fingerprint density at radius 1 is 1.56 bits per heavy atom. The lowest BCUT2D eigenvalue weighted by Gasteiger charge is -1.87. The second-order valence-corrected chi connectivity index (χ2v) is 2.94. The van der Waals surface area contributed by atoms with Crippen molar-refractivity contribution in [1.82, 2.24) is 0 Å². The highest BCUT2D eigenvalue weighted by Gasteiger charge is 1.80. The molecule has 0 aliphatic rings. The third kappa shape index (κ3) is 6.00. The van der Waals surface area contributed by atoms with Gasteiger partial charge in [-0.05, 0) is 24.3 Å². The summed E-state index contributed by atoms with van der Waals surface area (Å²) in [6.07, 6.45) is 4.71. The molecule has 0 aromatic heterocycles. The van der Waals surface area contributed by atoms with Crippen molar-refractivity contribution < 1.29 is 0 Å². The number of hydrogen-bond acceptors (Lipinski definition) is 1. The Bertz CT molecular complexity index is 132. The normalized spacial score (nSPS) is 14.2. The number of hydrogen-bond donors (Lipinski definition) is 1. The highest BCUT2D eigenvalue weighted by atomic mass is 35.5. The molecule has 0 nitrogen and oxygen atoms in total. The molecule has 0 unspecified atom stereocenters. The second-order valence-electron chi connectivity index (χ2n) is 1.76. The summed E-state index contributed by atoms with van der Waals surface area (Å²) >= 11 is 9.72. The molecule has 0 rings (SSSR count). The van der Waals surface area contributed by atoms with Crippen molar-refractivity contribution in [3.63, 3.8) is 0 Å². The van der Waals surface area contributed by atoms with Crippen LogP contribution in [0.2, 0.25) is 0 Å². The molecular formula is C7H11ClS. The van der Waals surface area contributed by atoms with Crippen LogP contribution in [0.15, 0.2) is 22.1 Å². The molecule has 0 fully saturated rings. The molecule has 0 spiro atoms. The monoisotopic (exact) mass is 162 g/mol. The molecule has 0 aromatic carbocycles. The van der Waals surface area contributed by atoms with Gasteiger partial charge in [0, 0.05) is 5.03 Å². The molecule has 0 amide bonds. The maximum Gasteiger partial charge on any atom is 0.0150 e. The lowest BCUT2D eigenvalue weighted by Crippen LogP contribution is -1.64. The summed E-state index contributed by atoms with van der Waals surface area (Å²) in [5, 5.41) is 0.787. The van der Waals surface area contributed by atoms with Crippen LogP contribution >= 0.6 is 24.2 Å². The summed E-state index contributed by atoms with van der Waals surface area (Å²) in [7, 11) is 0. The number of rotatable bonds is 2. The topological polar surface area (TPSA) is 0 Å². The van der Waals surface area contributed by atoms with E-state index in [4.69, 9.17) is 11.6 Å². The molecule has 0 saturated carbocycles. The van der Waals surface area contributed by atoms with Crippen molar-refractivity contribution >= 4 is 24.2 Å². The molecule has 9 heavy (non-hydrogen) atoms. The van der Waals surface area contributed by atoms with E-state index in [2.05, 4.69) is 19.6 Å². The van der Waals surface area contributed by atoms with Crippen molar-refractivity contribution in [3.8, 4) is 0 Å². The van der Waals surface area contributed by atoms with Gasteiger partial charge < -0.3 is 0 Å². The van der Waals surface area contributed by atoms with Crippen LogP contribution in [0.4, 0.5) is 0 Å². The molecule has 0 atom stereocenters. The summed E-state index contributed by atoms with van der Waals surface area (Å²) in [4.78, 5) is 1.05. The molecular weight excluding hydrogens is 152 g/mol. The Morgan fingerprint density at radius 2 is 2.11 bits per heavy atom. The molecule has 0 aliphatic heterocycles. The summed E-state index contributed by atoms with van der Waals surface area (Å²) in [6.45, 7) is 3.89. The highest BCUT2D eigenvalue weighted by Crippen LogP contribution is 2.07. The van der Waals surface area contributed by atoms with Gasteiger partial charge in [0.15, 0.2) is 0 Å². The summed E-state index contributed by atoms with van der Waals surface area (Å²) in [5.74, 6) is 0. The van der Waals surface area contributed by atoms with Crippen LogP contribution in [0.25, 0.3) is 0 Å². The van der Waals surface area contributed by atoms with Crippen molar-refractivity contribution in [2.75, 3.05) is 0 Å². The van der Waals surface area contributed by atoms with Gasteiger partial charge >= 0.3 is 0 Å². The third-order valence-electron chi connectivity index (χ3n) is 0.868. The lowest BCUT2D eigenvalue weighted by atomic mass is 10.4. The Balaban J connectivity index is 3.83. The van der Waals surface area contributed by atoms with Gasteiger partial charge in [-0.3, -0.25) is 0 Å². The van der Waals surface area contributed by atoms with E-state index in [0.717, 1.165) is 16.4 Å². The first-order chi connectivity index (χ1) is 4.16. The zero-order valence-corrected chi connectivity index (χ0v) is 7.34. The van der Waals surface area contributed by atoms with Gasteiger partial charge in [0.05, 0.1) is 0 Å². The van der Waals surface area contributed by atoms with Crippen molar-refractivity contribution in [3.05, 3.63) is 22.1 Å². The minimum atomic E-state index is 0.787. The van der Waals surface area contributed by atoms with Gasteiger partial charge in [-0.15, -0.1) is 12.6 Å². The highest BCUT2D eigenvalue weighted by molar-refractivity contribution is 7.84. The maximum absolute atomic E-state index is 5.56. The average Bonchev–Trinajstić information content (AvgIpc) is 1.83. The predicted octanol–water partition coefficient (Wildman–Crippen LogP) is 3.35. The van der Waals surface area contributed by atoms with Gasteiger partial charge in [-0.1, -0.05) is 24.6 Å². The van der Waals surface area contributed by atoms with Gasteiger partial charge in [0.25, 0.3) is 0 Å². The van der Waals surface area contributed by atoms with E-state index >= 15 is 0 Å². The van der Waals surface area contributed by atoms with E-state index in [0.29, 0.717) is 0 Å². The smallest absolute Gasteiger partial charge is 0.0150 e. The number of allylic oxidation sites excluding steroid dienone is 4. The van der Waals surface area contributed by atoms with Crippen LogP contribution in [-0.4, -0.2) is 0 Å². The zero-order valence-electron chi connectivity index (χ0n) is 5.69. The van der Waals surface area contributed by atoms with Crippen LogP contribution in [0.3, 0.4) is 0 Å². The van der Waals surface area contributed by atoms with E-state index < -0.39 is 0 Å². The molecule has 0 bridgehead atoms. The van der Waals surface area contributed by atoms with Crippen LogP contribution < -0.4 is 0 Å². The maximum atomic E-state index is 5.56. The van der Waals surface area contributed by atoms with Gasteiger partial charge in [0.1, 0.15) is 0 Å². The summed E-state index contributed by atoms with van der Waals surface area (Å²) < 4.78 is 0. The first kappa shape index (κ1) is 9.12. The molecule has 0 heterocycles. The standard InChI is InChI=1S/C7H11ClS/c1-3-7(9)5-4-6(2)8/h4-5,9H,3H2,1-2H3/b6-4+,7-5+. The van der Waals surface area contributed by atoms with E-state index in [-0.39, 0.29) is 0 Å². The van der Waals surface area contributed by atoms with Crippen LogP contribution in [0.5, 0.6) is 0 Å². The zero-order chi connectivity index (χ0) is 7.28. The third-order valence-corrected chi connectivity index (χ3v) is 1.46. The van der Waals surface area contributed by atoms with Crippen molar-refractivity contribution in [1.29, 1.82) is 0 Å². The minimum absolute atomic E-state index is 0.787. The van der Waals surface area contributed by atoms with Gasteiger partial charge in [-0.25, -0.2) is 0 Å². The van der Waals surface area contributed by atoms with E-state index in [1.807, 2.05) is 19.1 Å². The fourth-order valence-electron chi connectivity index (χ4n) is 0.329. The first-order valence-corrected chi connectivity index (χ1v) is 3.71. The molecule has 0 N–H and O–H groups in total. The Labute approximate surface area is 67.0 Å². The van der Waals surface area contributed by atoms with Crippen molar-refractivity contribution in [2.24, 2.45) is 0 Å². The largest absolute Gasteiger partial charge is 0.148 e. The van der Waals surface area contributed by atoms with E-state index in [1.165, 1.54) is 0 Å². The predicted molar refractivity (Wildman–Crippen MR) is 47.0 cm³/mol. The van der Waals surface area contributed by atoms with E-state index in [9.17, 15) is 0 Å². The Hall–Kier alpha value is 0.120. The molecule has 0 saturated heterocycles. The quantitative estimate of drug-likeness (QED) is 0.467. The number of halogens is 1. The van der Waals surface area contributed by atoms with Gasteiger partial charge in [-0.2, -0.15) is 0 Å². The molecule has 0 aliphatic carbocycles. The van der Waals surface area contributed by atoms with Crippen LogP contribution in [-0.2, 0) is 0 Å². The van der Waals surface area contributed by atoms with Crippen molar-refractivity contribution in [2.45, 2.75) is 20.3 Å². The second kappa shape index (κ2) is 4.95. The molecule has 0 aromatic rings. The van der Waals surface area contributed by atoms with Gasteiger partial charge in [0.2, 0.25) is 0 Å². The Morgan fingerprint density at radius 3 is 2.44 bits per heavy atom. The molecule has 2 heteroatoms. The fourth-order valence-corrected chi connectivity index (χ4v) is 0.466. The Kier molecular flexibility index (Phi) is 5.02. The average molecular weight is 163 g/mol. The molecule has 52 valence electrons. The van der Waals surface area contributed by atoms with Crippen LogP contribution in [0.1, 0.15) is 20.3 Å². The summed E-state index contributed by atoms with van der Waals surface area (Å²) in [6, 6.07) is 0.